The van der Waals surface area contributed by atoms with Crippen LogP contribution in [0.15, 0.2) is 54.6 Å². The summed E-state index contributed by atoms with van der Waals surface area (Å²) < 4.78 is 0. The summed E-state index contributed by atoms with van der Waals surface area (Å²) >= 11 is 0. The summed E-state index contributed by atoms with van der Waals surface area (Å²) in [6.45, 7) is 5.04. The number of hydrogen-bond acceptors (Lipinski definition) is 1. The van der Waals surface area contributed by atoms with Crippen molar-refractivity contribution in [3.05, 3.63) is 76.9 Å². The fourth-order valence-corrected chi connectivity index (χ4v) is 3.40. The van der Waals surface area contributed by atoms with Crippen LogP contribution < -0.4 is 5.32 Å². The standard InChI is InChI=1S/C25H29NO/c1-19(2)14-17-25(27)26-18-8-7-13-24-22-11-5-3-9-20(22)15-16-21-10-4-6-12-23(21)24/h3-6,9-13,15-16,19H,7-8,14,17-18H2,1-2H3,(H,26,27). The fraction of sp³-hybridized carbons (Fsp3) is 0.320. The Morgan fingerprint density at radius 1 is 0.963 bits per heavy atom. The van der Waals surface area contributed by atoms with E-state index < -0.39 is 0 Å². The van der Waals surface area contributed by atoms with E-state index >= 15 is 0 Å². The van der Waals surface area contributed by atoms with Crippen LogP contribution >= 0.6 is 0 Å². The van der Waals surface area contributed by atoms with E-state index in [0.717, 1.165) is 25.8 Å². The molecule has 0 bridgehead atoms. The van der Waals surface area contributed by atoms with Crippen molar-refractivity contribution in [2.45, 2.75) is 39.5 Å². The minimum atomic E-state index is 0.172. The lowest BCUT2D eigenvalue weighted by Gasteiger charge is -2.12. The predicted molar refractivity (Wildman–Crippen MR) is 115 cm³/mol. The molecule has 0 atom stereocenters. The van der Waals surface area contributed by atoms with Gasteiger partial charge in [0.2, 0.25) is 5.91 Å². The third-order valence-corrected chi connectivity index (χ3v) is 4.94. The van der Waals surface area contributed by atoms with E-state index in [4.69, 9.17) is 0 Å². The Morgan fingerprint density at radius 3 is 2.15 bits per heavy atom. The Labute approximate surface area is 163 Å². The zero-order valence-corrected chi connectivity index (χ0v) is 16.4. The predicted octanol–water partition coefficient (Wildman–Crippen LogP) is 5.93. The number of fused-ring (bicyclic) bond motifs is 2. The molecule has 2 nitrogen and oxygen atoms in total. The normalized spacial score (nSPS) is 12.3. The lowest BCUT2D eigenvalue weighted by atomic mass is 9.92. The highest BCUT2D eigenvalue weighted by atomic mass is 16.1. The van der Waals surface area contributed by atoms with Crippen LogP contribution in [0.4, 0.5) is 0 Å². The maximum atomic E-state index is 11.9. The molecule has 0 radical (unpaired) electrons. The maximum Gasteiger partial charge on any atom is 0.220 e. The van der Waals surface area contributed by atoms with E-state index in [-0.39, 0.29) is 5.91 Å². The summed E-state index contributed by atoms with van der Waals surface area (Å²) in [6.07, 6.45) is 10.2. The second-order valence-corrected chi connectivity index (χ2v) is 7.55. The van der Waals surface area contributed by atoms with E-state index in [9.17, 15) is 4.79 Å². The van der Waals surface area contributed by atoms with Gasteiger partial charge in [0.05, 0.1) is 0 Å². The van der Waals surface area contributed by atoms with Crippen LogP contribution in [0, 0.1) is 5.92 Å². The lowest BCUT2D eigenvalue weighted by molar-refractivity contribution is -0.121. The van der Waals surface area contributed by atoms with Crippen LogP contribution in [-0.4, -0.2) is 12.5 Å². The molecule has 0 saturated heterocycles. The van der Waals surface area contributed by atoms with Gasteiger partial charge in [0.25, 0.3) is 0 Å². The topological polar surface area (TPSA) is 29.1 Å². The number of unbranched alkanes of at least 4 members (excludes halogenated alkanes) is 1. The SMILES string of the molecule is CC(C)CCC(=O)NCCCC=C1c2ccccc2C=Cc2ccccc21. The Kier molecular flexibility index (Phi) is 6.64. The van der Waals surface area contributed by atoms with Crippen LogP contribution in [0.25, 0.3) is 17.7 Å². The van der Waals surface area contributed by atoms with Crippen LogP contribution in [0.1, 0.15) is 61.8 Å². The molecular weight excluding hydrogens is 330 g/mol. The van der Waals surface area contributed by atoms with Crippen molar-refractivity contribution in [1.82, 2.24) is 5.32 Å². The van der Waals surface area contributed by atoms with Crippen LogP contribution in [0.3, 0.4) is 0 Å². The van der Waals surface area contributed by atoms with E-state index in [0.29, 0.717) is 12.3 Å². The molecule has 0 saturated carbocycles. The van der Waals surface area contributed by atoms with Crippen LogP contribution in [0.5, 0.6) is 0 Å². The number of amides is 1. The third-order valence-electron chi connectivity index (χ3n) is 4.94. The second-order valence-electron chi connectivity index (χ2n) is 7.55. The molecule has 1 amide bonds. The Hall–Kier alpha value is -2.61. The van der Waals surface area contributed by atoms with Gasteiger partial charge in [-0.3, -0.25) is 4.79 Å². The first-order valence-electron chi connectivity index (χ1n) is 9.99. The van der Waals surface area contributed by atoms with Crippen molar-refractivity contribution >= 4 is 23.6 Å². The van der Waals surface area contributed by atoms with Gasteiger partial charge < -0.3 is 5.32 Å². The van der Waals surface area contributed by atoms with E-state index in [1.165, 1.54) is 27.8 Å². The second kappa shape index (κ2) is 9.36. The van der Waals surface area contributed by atoms with E-state index in [2.05, 4.69) is 85.9 Å². The van der Waals surface area contributed by atoms with Gasteiger partial charge in [-0.1, -0.05) is 80.6 Å². The van der Waals surface area contributed by atoms with Gasteiger partial charge in [-0.2, -0.15) is 0 Å². The Morgan fingerprint density at radius 2 is 1.56 bits per heavy atom. The highest BCUT2D eigenvalue weighted by molar-refractivity contribution is 5.93. The molecule has 0 fully saturated rings. The van der Waals surface area contributed by atoms with Gasteiger partial charge >= 0.3 is 0 Å². The molecule has 27 heavy (non-hydrogen) atoms. The molecule has 0 heterocycles. The summed E-state index contributed by atoms with van der Waals surface area (Å²) in [5, 5.41) is 3.05. The first-order valence-corrected chi connectivity index (χ1v) is 9.99. The van der Waals surface area contributed by atoms with Gasteiger partial charge in [-0.15, -0.1) is 0 Å². The van der Waals surface area contributed by atoms with E-state index in [1.807, 2.05) is 0 Å². The minimum absolute atomic E-state index is 0.172. The van der Waals surface area contributed by atoms with Gasteiger partial charge in [0, 0.05) is 13.0 Å². The number of carbonyl (C=O) groups is 1. The largest absolute Gasteiger partial charge is 0.356 e. The smallest absolute Gasteiger partial charge is 0.220 e. The molecule has 140 valence electrons. The summed E-state index contributed by atoms with van der Waals surface area (Å²) in [4.78, 5) is 11.9. The van der Waals surface area contributed by atoms with Crippen molar-refractivity contribution in [2.24, 2.45) is 5.92 Å². The zero-order valence-electron chi connectivity index (χ0n) is 16.4. The molecule has 2 aromatic rings. The van der Waals surface area contributed by atoms with E-state index in [1.54, 1.807) is 0 Å². The quantitative estimate of drug-likeness (QED) is 0.520. The van der Waals surface area contributed by atoms with Crippen molar-refractivity contribution in [3.63, 3.8) is 0 Å². The Balaban J connectivity index is 1.67. The van der Waals surface area contributed by atoms with Crippen LogP contribution in [-0.2, 0) is 4.79 Å². The zero-order chi connectivity index (χ0) is 19.1. The third kappa shape index (κ3) is 5.19. The average molecular weight is 360 g/mol. The van der Waals surface area contributed by atoms with Crippen molar-refractivity contribution in [3.8, 4) is 0 Å². The molecule has 1 aliphatic carbocycles. The highest BCUT2D eigenvalue weighted by Gasteiger charge is 2.13. The number of nitrogens with one attached hydrogen (secondary N) is 1. The van der Waals surface area contributed by atoms with Crippen molar-refractivity contribution in [1.29, 1.82) is 0 Å². The van der Waals surface area contributed by atoms with Crippen molar-refractivity contribution in [2.75, 3.05) is 6.54 Å². The molecule has 0 spiro atoms. The molecule has 2 heteroatoms. The Bertz CT molecular complexity index is 793. The number of carbonyl (C=O) groups excluding carboxylic acids is 1. The molecule has 1 aliphatic rings. The molecule has 0 aliphatic heterocycles. The summed E-state index contributed by atoms with van der Waals surface area (Å²) in [6, 6.07) is 17.1. The number of rotatable bonds is 7. The molecule has 0 aromatic heterocycles. The van der Waals surface area contributed by atoms with Crippen molar-refractivity contribution < 1.29 is 4.79 Å². The molecule has 3 rings (SSSR count). The number of allylic oxidation sites excluding steroid dienone is 1. The molecule has 2 aromatic carbocycles. The van der Waals surface area contributed by atoms with Gasteiger partial charge in [-0.05, 0) is 53.0 Å². The average Bonchev–Trinajstić information content (AvgIpc) is 2.83. The molecular formula is C25H29NO. The monoisotopic (exact) mass is 359 g/mol. The summed E-state index contributed by atoms with van der Waals surface area (Å²) in [7, 11) is 0. The highest BCUT2D eigenvalue weighted by Crippen LogP contribution is 2.33. The number of hydrogen-bond donors (Lipinski definition) is 1. The van der Waals surface area contributed by atoms with Gasteiger partial charge in [0.1, 0.15) is 0 Å². The van der Waals surface area contributed by atoms with Gasteiger partial charge in [-0.25, -0.2) is 0 Å². The maximum absolute atomic E-state index is 11.9. The van der Waals surface area contributed by atoms with Gasteiger partial charge in [0.15, 0.2) is 0 Å². The first-order chi connectivity index (χ1) is 13.1. The molecule has 0 unspecified atom stereocenters. The van der Waals surface area contributed by atoms with Crippen LogP contribution in [0.2, 0.25) is 0 Å². The summed E-state index contributed by atoms with van der Waals surface area (Å²) in [5.74, 6) is 0.746. The first kappa shape index (κ1) is 19.2. The lowest BCUT2D eigenvalue weighted by Crippen LogP contribution is -2.24. The number of benzene rings is 2. The summed E-state index contributed by atoms with van der Waals surface area (Å²) in [5.41, 5.74) is 6.35. The minimum Gasteiger partial charge on any atom is -0.356 e. The molecule has 1 N–H and O–H groups in total. The fourth-order valence-electron chi connectivity index (χ4n) is 3.40.